The molecule has 2 atom stereocenters. The highest BCUT2D eigenvalue weighted by atomic mass is 32.1. The molecule has 100 valence electrons. The topological polar surface area (TPSA) is 37.8 Å². The Labute approximate surface area is 113 Å². The minimum Gasteiger partial charge on any atom is -0.317 e. The first-order valence-corrected chi connectivity index (χ1v) is 8.24. The number of aromatic nitrogens is 2. The lowest BCUT2D eigenvalue weighted by atomic mass is 10.1. The fourth-order valence-corrected chi connectivity index (χ4v) is 4.49. The molecule has 18 heavy (non-hydrogen) atoms. The molecule has 4 heteroatoms. The zero-order chi connectivity index (χ0) is 12.4. The van der Waals surface area contributed by atoms with Crippen LogP contribution >= 0.6 is 11.3 Å². The van der Waals surface area contributed by atoms with Gasteiger partial charge in [0.2, 0.25) is 0 Å². The normalized spacial score (nSPS) is 29.5. The largest absolute Gasteiger partial charge is 0.317 e. The van der Waals surface area contributed by atoms with E-state index in [1.165, 1.54) is 42.1 Å². The Hall–Kier alpha value is -0.480. The van der Waals surface area contributed by atoms with E-state index < -0.39 is 0 Å². The maximum Gasteiger partial charge on any atom is 0.121 e. The van der Waals surface area contributed by atoms with Crippen molar-refractivity contribution in [3.05, 3.63) is 10.0 Å². The van der Waals surface area contributed by atoms with Crippen LogP contribution < -0.4 is 5.32 Å². The Morgan fingerprint density at radius 2 is 2.06 bits per heavy atom. The van der Waals surface area contributed by atoms with E-state index in [1.807, 2.05) is 11.3 Å². The zero-order valence-corrected chi connectivity index (χ0v) is 12.0. The maximum atomic E-state index is 4.42. The molecule has 2 unspecified atom stereocenters. The molecule has 3 nitrogen and oxygen atoms in total. The average Bonchev–Trinajstić information content (AvgIpc) is 2.81. The summed E-state index contributed by atoms with van der Waals surface area (Å²) in [5.41, 5.74) is 0. The van der Waals surface area contributed by atoms with Crippen molar-refractivity contribution >= 4 is 11.3 Å². The molecule has 1 heterocycles. The number of nitrogens with one attached hydrogen (secondary N) is 1. The zero-order valence-electron chi connectivity index (χ0n) is 11.2. The van der Waals surface area contributed by atoms with E-state index >= 15 is 0 Å². The van der Waals surface area contributed by atoms with Gasteiger partial charge in [-0.15, -0.1) is 21.5 Å². The number of hydrogen-bond acceptors (Lipinski definition) is 4. The molecule has 0 saturated heterocycles. The highest BCUT2D eigenvalue weighted by Crippen LogP contribution is 2.63. The van der Waals surface area contributed by atoms with Crippen LogP contribution in [0.3, 0.4) is 0 Å². The quantitative estimate of drug-likeness (QED) is 0.770. The molecular formula is C14H23N3S. The van der Waals surface area contributed by atoms with Gasteiger partial charge in [-0.05, 0) is 50.6 Å². The van der Waals surface area contributed by atoms with Gasteiger partial charge in [0.05, 0.1) is 0 Å². The van der Waals surface area contributed by atoms with Gasteiger partial charge in [-0.3, -0.25) is 0 Å². The van der Waals surface area contributed by atoms with Crippen LogP contribution in [0.25, 0.3) is 0 Å². The van der Waals surface area contributed by atoms with Crippen molar-refractivity contribution in [3.8, 4) is 0 Å². The van der Waals surface area contributed by atoms with E-state index in [-0.39, 0.29) is 0 Å². The summed E-state index contributed by atoms with van der Waals surface area (Å²) >= 11 is 1.87. The van der Waals surface area contributed by atoms with Crippen molar-refractivity contribution in [2.45, 2.75) is 51.4 Å². The van der Waals surface area contributed by atoms with Crippen LogP contribution in [-0.2, 0) is 6.42 Å². The van der Waals surface area contributed by atoms with Crippen LogP contribution in [0.5, 0.6) is 0 Å². The lowest BCUT2D eigenvalue weighted by Crippen LogP contribution is -2.16. The molecule has 1 aromatic rings. The summed E-state index contributed by atoms with van der Waals surface area (Å²) in [7, 11) is 0. The van der Waals surface area contributed by atoms with Crippen LogP contribution in [0.2, 0.25) is 0 Å². The Balaban J connectivity index is 1.43. The average molecular weight is 265 g/mol. The Morgan fingerprint density at radius 1 is 1.22 bits per heavy atom. The van der Waals surface area contributed by atoms with Crippen LogP contribution in [0.15, 0.2) is 0 Å². The first-order chi connectivity index (χ1) is 8.90. The number of hydrogen-bond donors (Lipinski definition) is 1. The molecule has 2 aliphatic carbocycles. The summed E-state index contributed by atoms with van der Waals surface area (Å²) in [6.45, 7) is 4.45. The van der Waals surface area contributed by atoms with Crippen LogP contribution in [0.4, 0.5) is 0 Å². The standard InChI is InChI=1S/C14H23N3S/c1-2-8-15-9-4-7-12-16-17-14(18-12)13-10-5-3-6-11(10)13/h10-11,13,15H,2-9H2,1H3. The van der Waals surface area contributed by atoms with Gasteiger partial charge in [-0.2, -0.15) is 0 Å². The van der Waals surface area contributed by atoms with Gasteiger partial charge in [0, 0.05) is 12.3 Å². The monoisotopic (exact) mass is 265 g/mol. The molecule has 0 aliphatic heterocycles. The molecule has 3 rings (SSSR count). The molecule has 2 fully saturated rings. The van der Waals surface area contributed by atoms with Gasteiger partial charge in [0.1, 0.15) is 10.0 Å². The highest BCUT2D eigenvalue weighted by Gasteiger charge is 2.54. The minimum absolute atomic E-state index is 0.795. The van der Waals surface area contributed by atoms with E-state index in [4.69, 9.17) is 0 Å². The van der Waals surface area contributed by atoms with Gasteiger partial charge >= 0.3 is 0 Å². The second-order valence-corrected chi connectivity index (χ2v) is 6.77. The summed E-state index contributed by atoms with van der Waals surface area (Å²) in [6.07, 6.45) is 7.81. The third-order valence-corrected chi connectivity index (χ3v) is 5.43. The molecule has 2 saturated carbocycles. The SMILES string of the molecule is CCCNCCCc1nnc(C2C3CCCC32)s1. The Morgan fingerprint density at radius 3 is 2.83 bits per heavy atom. The van der Waals surface area contributed by atoms with Crippen molar-refractivity contribution in [1.29, 1.82) is 0 Å². The number of fused-ring (bicyclic) bond motifs is 1. The molecule has 1 N–H and O–H groups in total. The summed E-state index contributed by atoms with van der Waals surface area (Å²) in [4.78, 5) is 0. The fourth-order valence-electron chi connectivity index (χ4n) is 3.36. The predicted octanol–water partition coefficient (Wildman–Crippen LogP) is 2.98. The third kappa shape index (κ3) is 2.59. The highest BCUT2D eigenvalue weighted by molar-refractivity contribution is 7.11. The first kappa shape index (κ1) is 12.5. The van der Waals surface area contributed by atoms with Gasteiger partial charge in [0.15, 0.2) is 0 Å². The third-order valence-electron chi connectivity index (χ3n) is 4.35. The smallest absolute Gasteiger partial charge is 0.121 e. The second-order valence-electron chi connectivity index (χ2n) is 5.67. The first-order valence-electron chi connectivity index (χ1n) is 7.43. The molecule has 1 aromatic heterocycles. The fraction of sp³-hybridized carbons (Fsp3) is 0.857. The molecule has 0 amide bonds. The lowest BCUT2D eigenvalue weighted by Gasteiger charge is -2.00. The van der Waals surface area contributed by atoms with Gasteiger partial charge < -0.3 is 5.32 Å². The van der Waals surface area contributed by atoms with Gasteiger partial charge in [-0.25, -0.2) is 0 Å². The van der Waals surface area contributed by atoms with Crippen molar-refractivity contribution < 1.29 is 0 Å². The van der Waals surface area contributed by atoms with Crippen LogP contribution in [0.1, 0.15) is 55.0 Å². The van der Waals surface area contributed by atoms with E-state index in [0.717, 1.165) is 37.3 Å². The summed E-state index contributed by atoms with van der Waals surface area (Å²) in [6, 6.07) is 0. The Kier molecular flexibility index (Phi) is 3.94. The molecule has 0 spiro atoms. The van der Waals surface area contributed by atoms with Gasteiger partial charge in [-0.1, -0.05) is 13.3 Å². The van der Waals surface area contributed by atoms with E-state index in [2.05, 4.69) is 22.4 Å². The van der Waals surface area contributed by atoms with Crippen LogP contribution in [-0.4, -0.2) is 23.3 Å². The predicted molar refractivity (Wildman–Crippen MR) is 75.0 cm³/mol. The molecule has 0 aromatic carbocycles. The van der Waals surface area contributed by atoms with E-state index in [9.17, 15) is 0 Å². The number of aryl methyl sites for hydroxylation is 1. The Bertz CT molecular complexity index is 380. The van der Waals surface area contributed by atoms with Crippen molar-refractivity contribution in [2.24, 2.45) is 11.8 Å². The second kappa shape index (κ2) is 5.66. The molecule has 0 bridgehead atoms. The van der Waals surface area contributed by atoms with E-state index in [1.54, 1.807) is 0 Å². The lowest BCUT2D eigenvalue weighted by molar-refractivity contribution is 0.637. The minimum atomic E-state index is 0.795. The number of nitrogens with zero attached hydrogens (tertiary/aromatic N) is 2. The maximum absolute atomic E-state index is 4.42. The summed E-state index contributed by atoms with van der Waals surface area (Å²) < 4.78 is 0. The molecule has 0 radical (unpaired) electrons. The summed E-state index contributed by atoms with van der Waals surface area (Å²) in [5, 5.41) is 14.8. The number of rotatable bonds is 7. The van der Waals surface area contributed by atoms with E-state index in [0.29, 0.717) is 0 Å². The van der Waals surface area contributed by atoms with Gasteiger partial charge in [0.25, 0.3) is 0 Å². The van der Waals surface area contributed by atoms with Crippen molar-refractivity contribution in [2.75, 3.05) is 13.1 Å². The summed E-state index contributed by atoms with van der Waals surface area (Å²) in [5.74, 6) is 2.73. The van der Waals surface area contributed by atoms with Crippen LogP contribution in [0, 0.1) is 11.8 Å². The van der Waals surface area contributed by atoms with Crippen molar-refractivity contribution in [1.82, 2.24) is 15.5 Å². The molecular weight excluding hydrogens is 242 g/mol. The van der Waals surface area contributed by atoms with Crippen molar-refractivity contribution in [3.63, 3.8) is 0 Å². The molecule has 2 aliphatic rings.